The number of furan rings is 1. The van der Waals surface area contributed by atoms with Gasteiger partial charge in [0.25, 0.3) is 0 Å². The molecule has 5 heteroatoms. The van der Waals surface area contributed by atoms with E-state index in [0.717, 1.165) is 55.3 Å². The Morgan fingerprint density at radius 2 is 0.875 bits per heavy atom. The topological polar surface area (TPSA) is 51.8 Å². The van der Waals surface area contributed by atoms with Crippen molar-refractivity contribution in [1.82, 2.24) is 15.0 Å². The summed E-state index contributed by atoms with van der Waals surface area (Å²) in [5.74, 6) is 1.93. The van der Waals surface area contributed by atoms with E-state index in [1.165, 1.54) is 36.9 Å². The van der Waals surface area contributed by atoms with Gasteiger partial charge in [0.2, 0.25) is 0 Å². The molecule has 0 radical (unpaired) electrons. The molecule has 0 aliphatic carbocycles. The van der Waals surface area contributed by atoms with E-state index in [0.29, 0.717) is 17.5 Å². The van der Waals surface area contributed by atoms with Gasteiger partial charge in [-0.15, -0.1) is 11.3 Å². The molecule has 0 amide bonds. The van der Waals surface area contributed by atoms with Crippen molar-refractivity contribution >= 4 is 53.4 Å². The summed E-state index contributed by atoms with van der Waals surface area (Å²) >= 11 is 1.81. The van der Waals surface area contributed by atoms with Crippen LogP contribution in [-0.4, -0.2) is 15.0 Å². The maximum absolute atomic E-state index is 6.29. The van der Waals surface area contributed by atoms with E-state index in [4.69, 9.17) is 19.4 Å². The van der Waals surface area contributed by atoms with Crippen LogP contribution in [0.5, 0.6) is 0 Å². The second-order valence-electron chi connectivity index (χ2n) is 13.9. The van der Waals surface area contributed by atoms with E-state index in [-0.39, 0.29) is 0 Å². The molecule has 0 bridgehead atoms. The zero-order chi connectivity index (χ0) is 37.0. The minimum atomic E-state index is 0.641. The van der Waals surface area contributed by atoms with Gasteiger partial charge < -0.3 is 4.42 Å². The molecule has 4 nitrogen and oxygen atoms in total. The fourth-order valence-corrected chi connectivity index (χ4v) is 9.19. The molecule has 0 fully saturated rings. The number of nitrogens with zero attached hydrogens (tertiary/aromatic N) is 3. The highest BCUT2D eigenvalue weighted by molar-refractivity contribution is 7.26. The Hall–Kier alpha value is -7.21. The van der Waals surface area contributed by atoms with Gasteiger partial charge in [0, 0.05) is 53.2 Å². The number of rotatable bonds is 6. The summed E-state index contributed by atoms with van der Waals surface area (Å²) < 4.78 is 8.72. The monoisotopic (exact) mass is 733 g/mol. The maximum atomic E-state index is 6.29. The molecule has 0 spiro atoms. The molecule has 3 aromatic heterocycles. The fraction of sp³-hybridized carbons (Fsp3) is 0. The van der Waals surface area contributed by atoms with Crippen molar-refractivity contribution in [2.75, 3.05) is 0 Å². The first-order valence-corrected chi connectivity index (χ1v) is 19.5. The third-order valence-electron chi connectivity index (χ3n) is 10.6. The van der Waals surface area contributed by atoms with E-state index in [1.54, 1.807) is 0 Å². The smallest absolute Gasteiger partial charge is 0.164 e. The molecule has 0 unspecified atom stereocenters. The summed E-state index contributed by atoms with van der Waals surface area (Å²) in [6.45, 7) is 0. The lowest BCUT2D eigenvalue weighted by Gasteiger charge is -2.12. The van der Waals surface area contributed by atoms with Gasteiger partial charge in [-0.25, -0.2) is 15.0 Å². The number of benzene rings is 8. The summed E-state index contributed by atoms with van der Waals surface area (Å²) in [6.07, 6.45) is 0. The van der Waals surface area contributed by atoms with Crippen molar-refractivity contribution in [1.29, 1.82) is 0 Å². The van der Waals surface area contributed by atoms with Gasteiger partial charge in [-0.3, -0.25) is 0 Å². The lowest BCUT2D eigenvalue weighted by atomic mass is 9.91. The molecule has 11 rings (SSSR count). The second-order valence-corrected chi connectivity index (χ2v) is 15.0. The Kier molecular flexibility index (Phi) is 7.64. The summed E-state index contributed by atoms with van der Waals surface area (Å²) in [4.78, 5) is 15.2. The van der Waals surface area contributed by atoms with Crippen molar-refractivity contribution in [3.8, 4) is 67.5 Å². The van der Waals surface area contributed by atoms with Gasteiger partial charge in [-0.1, -0.05) is 164 Å². The Labute approximate surface area is 327 Å². The molecular formula is C51H31N3OS. The number of hydrogen-bond acceptors (Lipinski definition) is 5. The van der Waals surface area contributed by atoms with Crippen LogP contribution in [-0.2, 0) is 0 Å². The third kappa shape index (κ3) is 5.48. The number of fused-ring (bicyclic) bond motifs is 6. The van der Waals surface area contributed by atoms with Crippen molar-refractivity contribution < 1.29 is 4.42 Å². The number of thiophene rings is 1. The van der Waals surface area contributed by atoms with Crippen molar-refractivity contribution in [2.45, 2.75) is 0 Å². The molecule has 0 aliphatic heterocycles. The SMILES string of the molecule is c1ccc(-c2cccc(-c3nc(-c4ccccc4)nc(-c4ccc5c(c4)sc4c(-c6ccccc6-c6cccc7oc8ccccc8c67)cccc45)n3)c2)cc1. The van der Waals surface area contributed by atoms with Crippen LogP contribution in [0, 0.1) is 0 Å². The van der Waals surface area contributed by atoms with E-state index >= 15 is 0 Å². The zero-order valence-electron chi connectivity index (χ0n) is 30.1. The predicted molar refractivity (Wildman–Crippen MR) is 233 cm³/mol. The first-order valence-electron chi connectivity index (χ1n) is 18.7. The highest BCUT2D eigenvalue weighted by Gasteiger charge is 2.19. The highest BCUT2D eigenvalue weighted by atomic mass is 32.1. The molecule has 8 aromatic carbocycles. The van der Waals surface area contributed by atoms with Crippen LogP contribution in [0.4, 0.5) is 0 Å². The highest BCUT2D eigenvalue weighted by Crippen LogP contribution is 2.45. The van der Waals surface area contributed by atoms with Gasteiger partial charge >= 0.3 is 0 Å². The van der Waals surface area contributed by atoms with E-state index in [9.17, 15) is 0 Å². The molecule has 0 N–H and O–H groups in total. The standard InChI is InChI=1S/C51H31N3OS/c1-3-14-32(15-4-1)34-18-11-19-35(30-34)50-52-49(33-16-5-2-6-17-33)53-51(54-50)36-28-29-39-42-25-12-24-41(48(42)56-46(39)31-36)38-21-8-7-20-37(38)40-23-13-27-45-47(40)43-22-9-10-26-44(43)55-45/h1-31H. The predicted octanol–water partition coefficient (Wildman–Crippen LogP) is 14.1. The molecule has 0 saturated heterocycles. The van der Waals surface area contributed by atoms with Crippen LogP contribution in [0.25, 0.3) is 110 Å². The van der Waals surface area contributed by atoms with E-state index < -0.39 is 0 Å². The Bertz CT molecular complexity index is 3260. The van der Waals surface area contributed by atoms with Crippen LogP contribution in [0.1, 0.15) is 0 Å². The zero-order valence-corrected chi connectivity index (χ0v) is 30.9. The summed E-state index contributed by atoms with van der Waals surface area (Å²) in [6, 6.07) is 65.6. The van der Waals surface area contributed by atoms with Gasteiger partial charge in [0.05, 0.1) is 0 Å². The molecule has 262 valence electrons. The third-order valence-corrected chi connectivity index (χ3v) is 11.8. The quantitative estimate of drug-likeness (QED) is 0.171. The van der Waals surface area contributed by atoms with Gasteiger partial charge in [-0.05, 0) is 52.1 Å². The molecule has 56 heavy (non-hydrogen) atoms. The van der Waals surface area contributed by atoms with Gasteiger partial charge in [-0.2, -0.15) is 0 Å². The minimum absolute atomic E-state index is 0.641. The molecule has 11 aromatic rings. The average molecular weight is 734 g/mol. The van der Waals surface area contributed by atoms with Crippen molar-refractivity contribution in [3.05, 3.63) is 188 Å². The van der Waals surface area contributed by atoms with Crippen LogP contribution in [0.15, 0.2) is 192 Å². The summed E-state index contributed by atoms with van der Waals surface area (Å²) in [7, 11) is 0. The van der Waals surface area contributed by atoms with Crippen molar-refractivity contribution in [2.24, 2.45) is 0 Å². The van der Waals surface area contributed by atoms with Crippen LogP contribution < -0.4 is 0 Å². The summed E-state index contributed by atoms with van der Waals surface area (Å²) in [5.41, 5.74) is 11.6. The lowest BCUT2D eigenvalue weighted by Crippen LogP contribution is -2.00. The maximum Gasteiger partial charge on any atom is 0.164 e. The molecule has 0 aliphatic rings. The Balaban J connectivity index is 1.05. The van der Waals surface area contributed by atoms with E-state index in [2.05, 4.69) is 140 Å². The molecular weight excluding hydrogens is 703 g/mol. The lowest BCUT2D eigenvalue weighted by molar-refractivity contribution is 0.669. The first-order chi connectivity index (χ1) is 27.7. The second kappa shape index (κ2) is 13.3. The Morgan fingerprint density at radius 1 is 0.339 bits per heavy atom. The Morgan fingerprint density at radius 3 is 1.68 bits per heavy atom. The minimum Gasteiger partial charge on any atom is -0.456 e. The average Bonchev–Trinajstić information content (AvgIpc) is 3.85. The number of aromatic nitrogens is 3. The molecule has 0 saturated carbocycles. The fourth-order valence-electron chi connectivity index (χ4n) is 7.92. The van der Waals surface area contributed by atoms with Crippen molar-refractivity contribution in [3.63, 3.8) is 0 Å². The van der Waals surface area contributed by atoms with Crippen LogP contribution in [0.2, 0.25) is 0 Å². The number of para-hydroxylation sites is 1. The van der Waals surface area contributed by atoms with Gasteiger partial charge in [0.1, 0.15) is 11.2 Å². The largest absolute Gasteiger partial charge is 0.456 e. The summed E-state index contributed by atoms with van der Waals surface area (Å²) in [5, 5.41) is 4.71. The number of hydrogen-bond donors (Lipinski definition) is 0. The first kappa shape index (κ1) is 32.2. The van der Waals surface area contributed by atoms with Crippen LogP contribution in [0.3, 0.4) is 0 Å². The molecule has 3 heterocycles. The van der Waals surface area contributed by atoms with Crippen LogP contribution >= 0.6 is 11.3 Å². The normalized spacial score (nSPS) is 11.6. The molecule has 0 atom stereocenters. The van der Waals surface area contributed by atoms with Gasteiger partial charge in [0.15, 0.2) is 17.5 Å². The van der Waals surface area contributed by atoms with E-state index in [1.807, 2.05) is 59.9 Å².